The number of carbonyl (C=O) groups is 3. The summed E-state index contributed by atoms with van der Waals surface area (Å²) in [6.45, 7) is 2.66. The van der Waals surface area contributed by atoms with Crippen molar-refractivity contribution in [2.45, 2.75) is 38.5 Å². The van der Waals surface area contributed by atoms with E-state index in [0.29, 0.717) is 19.4 Å². The third-order valence-electron chi connectivity index (χ3n) is 6.05. The third kappa shape index (κ3) is 6.85. The van der Waals surface area contributed by atoms with Crippen LogP contribution in [-0.4, -0.2) is 42.8 Å². The molecular weight excluding hydrogens is 432 g/mol. The molecule has 3 rings (SSSR count). The van der Waals surface area contributed by atoms with Crippen LogP contribution in [0.2, 0.25) is 0 Å². The first kappa shape index (κ1) is 24.8. The molecule has 1 unspecified atom stereocenters. The Balaban J connectivity index is 1.38. The van der Waals surface area contributed by atoms with Gasteiger partial charge in [-0.1, -0.05) is 67.8 Å². The zero-order valence-electron chi connectivity index (χ0n) is 19.3. The molecule has 7 heteroatoms. The predicted octanol–water partition coefficient (Wildman–Crippen LogP) is 3.93. The maximum Gasteiger partial charge on any atom is 0.407 e. The summed E-state index contributed by atoms with van der Waals surface area (Å²) >= 11 is 0. The van der Waals surface area contributed by atoms with Crippen LogP contribution in [0, 0.1) is 17.8 Å². The van der Waals surface area contributed by atoms with E-state index < -0.39 is 18.0 Å². The normalized spacial score (nSPS) is 12.5. The number of aliphatic carboxylic acids is 1. The molecule has 3 N–H and O–H groups in total. The van der Waals surface area contributed by atoms with Gasteiger partial charge in [0, 0.05) is 18.9 Å². The minimum Gasteiger partial charge on any atom is -0.481 e. The minimum atomic E-state index is -0.808. The fraction of sp³-hybridized carbons (Fsp3) is 0.370. The van der Waals surface area contributed by atoms with Gasteiger partial charge < -0.3 is 20.5 Å². The van der Waals surface area contributed by atoms with Gasteiger partial charge in [-0.05, 0) is 46.9 Å². The van der Waals surface area contributed by atoms with Gasteiger partial charge in [-0.3, -0.25) is 9.59 Å². The molecule has 2 amide bonds. The molecule has 1 aliphatic carbocycles. The van der Waals surface area contributed by atoms with Crippen molar-refractivity contribution < 1.29 is 24.2 Å². The number of hydrogen-bond acceptors (Lipinski definition) is 4. The van der Waals surface area contributed by atoms with Crippen molar-refractivity contribution in [1.29, 1.82) is 0 Å². The Morgan fingerprint density at radius 1 is 1.00 bits per heavy atom. The van der Waals surface area contributed by atoms with Crippen LogP contribution in [0.25, 0.3) is 11.1 Å². The lowest BCUT2D eigenvalue weighted by atomic mass is 9.97. The van der Waals surface area contributed by atoms with Crippen LogP contribution in [-0.2, 0) is 14.3 Å². The van der Waals surface area contributed by atoms with Gasteiger partial charge in [-0.2, -0.15) is 0 Å². The number of carboxylic acid groups (broad SMARTS) is 1. The highest BCUT2D eigenvalue weighted by atomic mass is 16.5. The molecule has 0 radical (unpaired) electrons. The molecule has 1 atom stereocenters. The van der Waals surface area contributed by atoms with Crippen LogP contribution in [0.3, 0.4) is 0 Å². The monoisotopic (exact) mass is 462 g/mol. The second-order valence-electron chi connectivity index (χ2n) is 8.23. The summed E-state index contributed by atoms with van der Waals surface area (Å²) in [6.07, 6.45) is 1.71. The first-order valence-electron chi connectivity index (χ1n) is 11.6. The Hall–Kier alpha value is -3.79. The number of hydrogen-bond donors (Lipinski definition) is 3. The second-order valence-corrected chi connectivity index (χ2v) is 8.23. The standard InChI is InChI=1S/C27H30N2O5/c1-2-19(13-14-26(31)32)15-17-28-25(30)12-7-16-29-27(33)34-18-24-22-10-5-3-8-20(22)21-9-4-6-11-23(21)24/h3-6,8-11,19,24H,2,13-18H2,1H3,(H,28,30)(H,29,33)(H,31,32). The van der Waals surface area contributed by atoms with E-state index in [9.17, 15) is 14.4 Å². The maximum absolute atomic E-state index is 12.1. The fourth-order valence-corrected chi connectivity index (χ4v) is 4.20. The van der Waals surface area contributed by atoms with Gasteiger partial charge in [-0.25, -0.2) is 4.79 Å². The first-order chi connectivity index (χ1) is 16.5. The number of nitrogens with one attached hydrogen (secondary N) is 2. The van der Waals surface area contributed by atoms with Crippen LogP contribution >= 0.6 is 0 Å². The van der Waals surface area contributed by atoms with E-state index in [1.807, 2.05) is 31.2 Å². The lowest BCUT2D eigenvalue weighted by Gasteiger charge is -2.14. The number of alkyl carbamates (subject to hydrolysis) is 1. The van der Waals surface area contributed by atoms with E-state index in [1.165, 1.54) is 0 Å². The lowest BCUT2D eigenvalue weighted by Crippen LogP contribution is -2.27. The molecule has 2 aromatic rings. The third-order valence-corrected chi connectivity index (χ3v) is 6.05. The highest BCUT2D eigenvalue weighted by Gasteiger charge is 2.28. The Morgan fingerprint density at radius 2 is 1.65 bits per heavy atom. The molecule has 178 valence electrons. The average Bonchev–Trinajstić information content (AvgIpc) is 3.16. The molecule has 0 heterocycles. The van der Waals surface area contributed by atoms with Crippen LogP contribution in [0.5, 0.6) is 0 Å². The van der Waals surface area contributed by atoms with Crippen LogP contribution in [0.15, 0.2) is 48.5 Å². The van der Waals surface area contributed by atoms with Crippen molar-refractivity contribution >= 4 is 18.0 Å². The van der Waals surface area contributed by atoms with E-state index in [1.54, 1.807) is 0 Å². The predicted molar refractivity (Wildman–Crippen MR) is 129 cm³/mol. The molecule has 0 aliphatic heterocycles. The largest absolute Gasteiger partial charge is 0.481 e. The van der Waals surface area contributed by atoms with E-state index in [4.69, 9.17) is 9.84 Å². The Labute approximate surface area is 199 Å². The summed E-state index contributed by atoms with van der Waals surface area (Å²) in [5, 5.41) is 14.0. The van der Waals surface area contributed by atoms with Crippen LogP contribution in [0.4, 0.5) is 4.79 Å². The summed E-state index contributed by atoms with van der Waals surface area (Å²) in [5.41, 5.74) is 4.61. The summed E-state index contributed by atoms with van der Waals surface area (Å²) in [5.74, 6) is 4.05. The molecule has 0 saturated carbocycles. The quantitative estimate of drug-likeness (QED) is 0.464. The van der Waals surface area contributed by atoms with Crippen molar-refractivity contribution in [1.82, 2.24) is 10.6 Å². The molecule has 0 aromatic heterocycles. The topological polar surface area (TPSA) is 105 Å². The average molecular weight is 463 g/mol. The number of amides is 2. The van der Waals surface area contributed by atoms with Crippen molar-refractivity contribution in [3.05, 3.63) is 59.7 Å². The SMILES string of the molecule is CCC(CCNC(=O)C#CCNC(=O)OCC1c2ccccc2-c2ccccc21)CCC(=O)O. The molecule has 34 heavy (non-hydrogen) atoms. The van der Waals surface area contributed by atoms with Crippen molar-refractivity contribution in [2.24, 2.45) is 5.92 Å². The number of fused-ring (bicyclic) bond motifs is 3. The van der Waals surface area contributed by atoms with Gasteiger partial charge in [0.25, 0.3) is 5.91 Å². The smallest absolute Gasteiger partial charge is 0.407 e. The van der Waals surface area contributed by atoms with Gasteiger partial charge in [0.05, 0.1) is 6.54 Å². The van der Waals surface area contributed by atoms with Crippen molar-refractivity contribution in [2.75, 3.05) is 19.7 Å². The first-order valence-corrected chi connectivity index (χ1v) is 11.6. The Bertz CT molecular complexity index is 1040. The van der Waals surface area contributed by atoms with Crippen molar-refractivity contribution in [3.63, 3.8) is 0 Å². The number of benzene rings is 2. The van der Waals surface area contributed by atoms with Crippen LogP contribution in [0.1, 0.15) is 49.7 Å². The van der Waals surface area contributed by atoms with E-state index in [2.05, 4.69) is 46.7 Å². The molecule has 0 saturated heterocycles. The summed E-state index contributed by atoms with van der Waals surface area (Å²) < 4.78 is 5.43. The molecule has 1 aliphatic rings. The van der Waals surface area contributed by atoms with Crippen LogP contribution < -0.4 is 10.6 Å². The molecule has 0 bridgehead atoms. The molecule has 0 spiro atoms. The fourth-order valence-electron chi connectivity index (χ4n) is 4.20. The van der Waals surface area contributed by atoms with Gasteiger partial charge >= 0.3 is 12.1 Å². The van der Waals surface area contributed by atoms with Gasteiger partial charge in [0.15, 0.2) is 0 Å². The number of carboxylic acids is 1. The summed E-state index contributed by atoms with van der Waals surface area (Å²) in [6, 6.07) is 16.2. The van der Waals surface area contributed by atoms with E-state index >= 15 is 0 Å². The zero-order chi connectivity index (χ0) is 24.3. The number of carbonyl (C=O) groups excluding carboxylic acids is 2. The highest BCUT2D eigenvalue weighted by molar-refractivity contribution is 5.93. The summed E-state index contributed by atoms with van der Waals surface area (Å²) in [4.78, 5) is 34.6. The minimum absolute atomic E-state index is 0.000288. The van der Waals surface area contributed by atoms with Gasteiger partial charge in [0.1, 0.15) is 6.61 Å². The number of ether oxygens (including phenoxy) is 1. The molecular formula is C27H30N2O5. The van der Waals surface area contributed by atoms with E-state index in [-0.39, 0.29) is 31.4 Å². The molecule has 0 fully saturated rings. The maximum atomic E-state index is 12.1. The summed E-state index contributed by atoms with van der Waals surface area (Å²) in [7, 11) is 0. The highest BCUT2D eigenvalue weighted by Crippen LogP contribution is 2.44. The van der Waals surface area contributed by atoms with Crippen molar-refractivity contribution in [3.8, 4) is 23.0 Å². The molecule has 2 aromatic carbocycles. The molecule has 7 nitrogen and oxygen atoms in total. The van der Waals surface area contributed by atoms with E-state index in [0.717, 1.165) is 28.7 Å². The second kappa shape index (κ2) is 12.4. The van der Waals surface area contributed by atoms with Gasteiger partial charge in [-0.15, -0.1) is 0 Å². The zero-order valence-corrected chi connectivity index (χ0v) is 19.3. The van der Waals surface area contributed by atoms with Gasteiger partial charge in [0.2, 0.25) is 0 Å². The number of rotatable bonds is 10. The lowest BCUT2D eigenvalue weighted by molar-refractivity contribution is -0.137. The Kier molecular flexibility index (Phi) is 9.10. The Morgan fingerprint density at radius 3 is 2.26 bits per heavy atom.